The van der Waals surface area contributed by atoms with E-state index in [1.807, 2.05) is 25.1 Å². The van der Waals surface area contributed by atoms with Gasteiger partial charge in [0.05, 0.1) is 0 Å². The van der Waals surface area contributed by atoms with Crippen molar-refractivity contribution in [3.63, 3.8) is 0 Å². The number of nitrogens with one attached hydrogen (secondary N) is 3. The molecule has 1 aromatic heterocycles. The molecule has 1 aliphatic carbocycles. The monoisotopic (exact) mass is 356 g/mol. The molecule has 2 aromatic rings. The maximum absolute atomic E-state index is 12.0. The highest BCUT2D eigenvalue weighted by molar-refractivity contribution is 5.93. The number of nitrogens with zero attached hydrogens (tertiary/aromatic N) is 1. The van der Waals surface area contributed by atoms with Crippen LogP contribution in [0, 0.1) is 6.92 Å². The fraction of sp³-hybridized carbons (Fsp3) is 0.421. The molecule has 26 heavy (non-hydrogen) atoms. The number of aromatic amines is 1. The van der Waals surface area contributed by atoms with Crippen LogP contribution in [-0.2, 0) is 4.79 Å². The van der Waals surface area contributed by atoms with Crippen LogP contribution in [-0.4, -0.2) is 28.6 Å². The number of aromatic nitrogens is 2. The highest BCUT2D eigenvalue weighted by atomic mass is 16.5. The number of ether oxygens (including phenoxy) is 1. The number of hydrazine groups is 1. The number of hydrogen-bond acceptors (Lipinski definition) is 4. The van der Waals surface area contributed by atoms with Gasteiger partial charge < -0.3 is 4.74 Å². The predicted octanol–water partition coefficient (Wildman–Crippen LogP) is 2.56. The van der Waals surface area contributed by atoms with E-state index in [9.17, 15) is 9.59 Å². The van der Waals surface area contributed by atoms with Crippen LogP contribution in [0.4, 0.5) is 0 Å². The first-order valence-electron chi connectivity index (χ1n) is 8.82. The third kappa shape index (κ3) is 4.41. The van der Waals surface area contributed by atoms with E-state index in [0.717, 1.165) is 29.7 Å². The minimum atomic E-state index is -0.458. The fourth-order valence-corrected chi connectivity index (χ4v) is 2.67. The van der Waals surface area contributed by atoms with Crippen LogP contribution in [0.15, 0.2) is 24.3 Å². The Kier molecular flexibility index (Phi) is 5.25. The molecule has 7 nitrogen and oxygen atoms in total. The van der Waals surface area contributed by atoms with Crippen LogP contribution in [0.3, 0.4) is 0 Å². The van der Waals surface area contributed by atoms with Gasteiger partial charge in [0.1, 0.15) is 5.75 Å². The Morgan fingerprint density at radius 2 is 2.04 bits per heavy atom. The van der Waals surface area contributed by atoms with Gasteiger partial charge in [-0.05, 0) is 48.9 Å². The minimum absolute atomic E-state index is 0.183. The van der Waals surface area contributed by atoms with E-state index in [2.05, 4.69) is 34.9 Å². The second-order valence-corrected chi connectivity index (χ2v) is 6.97. The summed E-state index contributed by atoms with van der Waals surface area (Å²) in [5, 5.41) is 6.83. The fourth-order valence-electron chi connectivity index (χ4n) is 2.67. The molecule has 3 rings (SSSR count). The van der Waals surface area contributed by atoms with Crippen molar-refractivity contribution in [2.45, 2.75) is 45.4 Å². The standard InChI is InChI=1S/C19H24N4O3/c1-11(2)14-7-4-12(3)8-17(14)26-10-18(24)22-23-19(25)16-9-15(20-21-16)13-5-6-13/h4,7-9,11,13H,5-6,10H2,1-3H3,(H,20,21)(H,22,24)(H,23,25). The van der Waals surface area contributed by atoms with E-state index in [1.54, 1.807) is 6.07 Å². The first-order valence-corrected chi connectivity index (χ1v) is 8.82. The maximum Gasteiger partial charge on any atom is 0.290 e. The van der Waals surface area contributed by atoms with E-state index < -0.39 is 11.8 Å². The number of hydrogen-bond donors (Lipinski definition) is 3. The zero-order valence-corrected chi connectivity index (χ0v) is 15.3. The van der Waals surface area contributed by atoms with Gasteiger partial charge in [-0.3, -0.25) is 25.5 Å². The molecule has 1 fully saturated rings. The van der Waals surface area contributed by atoms with Crippen LogP contribution in [0.25, 0.3) is 0 Å². The molecule has 1 aromatic carbocycles. The Morgan fingerprint density at radius 1 is 1.27 bits per heavy atom. The Hall–Kier alpha value is -2.83. The average Bonchev–Trinajstić information content (AvgIpc) is 3.34. The zero-order valence-electron chi connectivity index (χ0n) is 15.3. The van der Waals surface area contributed by atoms with Crippen LogP contribution < -0.4 is 15.6 Å². The van der Waals surface area contributed by atoms with Gasteiger partial charge >= 0.3 is 0 Å². The van der Waals surface area contributed by atoms with Crippen molar-refractivity contribution in [1.29, 1.82) is 0 Å². The molecule has 0 spiro atoms. The van der Waals surface area contributed by atoms with Crippen molar-refractivity contribution in [2.24, 2.45) is 0 Å². The predicted molar refractivity (Wildman–Crippen MR) is 96.9 cm³/mol. The molecular weight excluding hydrogens is 332 g/mol. The third-order valence-electron chi connectivity index (χ3n) is 4.31. The summed E-state index contributed by atoms with van der Waals surface area (Å²) in [5.41, 5.74) is 8.03. The summed E-state index contributed by atoms with van der Waals surface area (Å²) >= 11 is 0. The topological polar surface area (TPSA) is 96.1 Å². The maximum atomic E-state index is 12.0. The lowest BCUT2D eigenvalue weighted by Gasteiger charge is -2.14. The SMILES string of the molecule is Cc1ccc(C(C)C)c(OCC(=O)NNC(=O)c2cc(C3CC3)[nH]n2)c1. The average molecular weight is 356 g/mol. The number of amides is 2. The normalized spacial score (nSPS) is 13.5. The van der Waals surface area contributed by atoms with Crippen LogP contribution in [0.5, 0.6) is 5.75 Å². The Balaban J connectivity index is 1.49. The van der Waals surface area contributed by atoms with Crippen molar-refractivity contribution in [3.8, 4) is 5.75 Å². The zero-order chi connectivity index (χ0) is 18.7. The Labute approximate surface area is 152 Å². The molecule has 0 unspecified atom stereocenters. The van der Waals surface area contributed by atoms with Crippen LogP contribution >= 0.6 is 0 Å². The molecule has 2 amide bonds. The molecule has 1 saturated carbocycles. The number of rotatable bonds is 6. The quantitative estimate of drug-likeness (QED) is 0.693. The van der Waals surface area contributed by atoms with E-state index in [-0.39, 0.29) is 18.2 Å². The summed E-state index contributed by atoms with van der Waals surface area (Å²) in [6.45, 7) is 5.92. The van der Waals surface area contributed by atoms with Gasteiger partial charge in [-0.15, -0.1) is 0 Å². The molecule has 0 radical (unpaired) electrons. The molecule has 1 heterocycles. The Bertz CT molecular complexity index is 809. The van der Waals surface area contributed by atoms with E-state index >= 15 is 0 Å². The van der Waals surface area contributed by atoms with Gasteiger partial charge in [-0.1, -0.05) is 26.0 Å². The van der Waals surface area contributed by atoms with Crippen molar-refractivity contribution in [2.75, 3.05) is 6.61 Å². The lowest BCUT2D eigenvalue weighted by Crippen LogP contribution is -2.44. The molecule has 3 N–H and O–H groups in total. The lowest BCUT2D eigenvalue weighted by atomic mass is 10.0. The first kappa shape index (κ1) is 18.0. The van der Waals surface area contributed by atoms with Crippen molar-refractivity contribution in [1.82, 2.24) is 21.0 Å². The smallest absolute Gasteiger partial charge is 0.290 e. The summed E-state index contributed by atoms with van der Waals surface area (Å²) in [7, 11) is 0. The largest absolute Gasteiger partial charge is 0.483 e. The molecule has 138 valence electrons. The molecule has 0 atom stereocenters. The summed E-state index contributed by atoms with van der Waals surface area (Å²) in [4.78, 5) is 24.0. The van der Waals surface area contributed by atoms with Gasteiger partial charge in [-0.25, -0.2) is 0 Å². The second kappa shape index (κ2) is 7.59. The molecule has 7 heteroatoms. The van der Waals surface area contributed by atoms with Crippen LogP contribution in [0.1, 0.15) is 65.8 Å². The third-order valence-corrected chi connectivity index (χ3v) is 4.31. The number of H-pyrrole nitrogens is 1. The van der Waals surface area contributed by atoms with Gasteiger partial charge in [0.15, 0.2) is 12.3 Å². The first-order chi connectivity index (χ1) is 12.4. The summed E-state index contributed by atoms with van der Waals surface area (Å²) in [6, 6.07) is 7.65. The minimum Gasteiger partial charge on any atom is -0.483 e. The molecule has 0 aliphatic heterocycles. The highest BCUT2D eigenvalue weighted by Gasteiger charge is 2.26. The second-order valence-electron chi connectivity index (χ2n) is 6.97. The highest BCUT2D eigenvalue weighted by Crippen LogP contribution is 2.38. The van der Waals surface area contributed by atoms with Crippen molar-refractivity contribution in [3.05, 3.63) is 46.8 Å². The lowest BCUT2D eigenvalue weighted by molar-refractivity contribution is -0.123. The summed E-state index contributed by atoms with van der Waals surface area (Å²) < 4.78 is 5.64. The summed E-state index contributed by atoms with van der Waals surface area (Å²) in [6.07, 6.45) is 2.24. The van der Waals surface area contributed by atoms with Gasteiger partial charge in [-0.2, -0.15) is 5.10 Å². The summed E-state index contributed by atoms with van der Waals surface area (Å²) in [5.74, 6) is 0.556. The van der Waals surface area contributed by atoms with Gasteiger partial charge in [0.25, 0.3) is 11.8 Å². The number of carbonyl (C=O) groups excluding carboxylic acids is 2. The van der Waals surface area contributed by atoms with Crippen LogP contribution in [0.2, 0.25) is 0 Å². The molecule has 1 aliphatic rings. The molecular formula is C19H24N4O3. The number of aryl methyl sites for hydroxylation is 1. The molecule has 0 saturated heterocycles. The van der Waals surface area contributed by atoms with E-state index in [4.69, 9.17) is 4.74 Å². The van der Waals surface area contributed by atoms with Crippen molar-refractivity contribution < 1.29 is 14.3 Å². The van der Waals surface area contributed by atoms with Gasteiger partial charge in [0.2, 0.25) is 0 Å². The van der Waals surface area contributed by atoms with Gasteiger partial charge in [0, 0.05) is 11.6 Å². The van der Waals surface area contributed by atoms with E-state index in [0.29, 0.717) is 11.7 Å². The Morgan fingerprint density at radius 3 is 2.73 bits per heavy atom. The number of benzene rings is 1. The van der Waals surface area contributed by atoms with E-state index in [1.165, 1.54) is 0 Å². The molecule has 0 bridgehead atoms. The van der Waals surface area contributed by atoms with Crippen molar-refractivity contribution >= 4 is 11.8 Å². The number of carbonyl (C=O) groups is 2.